The number of nitrogens with one attached hydrogen (secondary N) is 1. The van der Waals surface area contributed by atoms with Crippen LogP contribution in [-0.2, 0) is 14.4 Å². The maximum atomic E-state index is 12.1. The molecule has 1 saturated heterocycles. The first-order valence-electron chi connectivity index (χ1n) is 13.5. The third-order valence-corrected chi connectivity index (χ3v) is 7.29. The Hall–Kier alpha value is -2.48. The van der Waals surface area contributed by atoms with E-state index in [0.717, 1.165) is 51.0 Å². The molecule has 202 valence electrons. The molecule has 8 heteroatoms. The van der Waals surface area contributed by atoms with Crippen molar-refractivity contribution in [1.82, 2.24) is 10.2 Å². The van der Waals surface area contributed by atoms with Crippen molar-refractivity contribution >= 4 is 23.4 Å². The first-order chi connectivity index (χ1) is 17.0. The van der Waals surface area contributed by atoms with E-state index >= 15 is 0 Å². The molecule has 0 radical (unpaired) electrons. The molecule has 0 unspecified atom stereocenters. The van der Waals surface area contributed by atoms with Crippen molar-refractivity contribution in [3.63, 3.8) is 0 Å². The van der Waals surface area contributed by atoms with Gasteiger partial charge in [0.25, 0.3) is 0 Å². The topological polar surface area (TPSA) is 74.4 Å². The molecule has 1 aliphatic heterocycles. The number of carbonyl (C=O) groups excluding carboxylic acids is 2. The lowest BCUT2D eigenvalue weighted by Gasteiger charge is -2.39. The van der Waals surface area contributed by atoms with E-state index in [9.17, 15) is 9.59 Å². The molecule has 1 saturated carbocycles. The normalized spacial score (nSPS) is 21.2. The van der Waals surface area contributed by atoms with Gasteiger partial charge in [-0.1, -0.05) is 13.0 Å². The smallest absolute Gasteiger partial charge is 0.407 e. The molecule has 0 atom stereocenters. The molecule has 1 amide bonds. The lowest BCUT2D eigenvalue weighted by Crippen LogP contribution is -2.46. The Kier molecular flexibility index (Phi) is 9.88. The highest BCUT2D eigenvalue weighted by Crippen LogP contribution is 2.29. The molecule has 0 bridgehead atoms. The van der Waals surface area contributed by atoms with Gasteiger partial charge >= 0.3 is 12.1 Å². The number of rotatable bonds is 8. The third kappa shape index (κ3) is 8.57. The van der Waals surface area contributed by atoms with Crippen molar-refractivity contribution in [1.29, 1.82) is 0 Å². The summed E-state index contributed by atoms with van der Waals surface area (Å²) in [5.74, 6) is 0.459. The molecule has 36 heavy (non-hydrogen) atoms. The number of benzene rings is 1. The Balaban J connectivity index is 1.41. The fraction of sp³-hybridized carbons (Fsp3) is 0.714. The minimum Gasteiger partial charge on any atom is -0.444 e. The number of ether oxygens (including phenoxy) is 1. The summed E-state index contributed by atoms with van der Waals surface area (Å²) in [6.07, 6.45) is 6.63. The van der Waals surface area contributed by atoms with Crippen molar-refractivity contribution in [2.24, 2.45) is 5.92 Å². The van der Waals surface area contributed by atoms with E-state index in [-0.39, 0.29) is 18.1 Å². The number of hydrogen-bond acceptors (Lipinski definition) is 7. The summed E-state index contributed by atoms with van der Waals surface area (Å²) in [4.78, 5) is 34.0. The Bertz CT molecular complexity index is 855. The molecule has 2 fully saturated rings. The monoisotopic (exact) mass is 502 g/mol. The Morgan fingerprint density at radius 1 is 1.06 bits per heavy atom. The molecule has 1 aliphatic carbocycles. The van der Waals surface area contributed by atoms with Gasteiger partial charge in [0.15, 0.2) is 0 Å². The Morgan fingerprint density at radius 2 is 1.72 bits per heavy atom. The van der Waals surface area contributed by atoms with Crippen LogP contribution in [0.1, 0.15) is 72.6 Å². The zero-order valence-electron chi connectivity index (χ0n) is 23.1. The highest BCUT2D eigenvalue weighted by Gasteiger charge is 2.29. The number of hydroxylamine groups is 1. The average molecular weight is 503 g/mol. The summed E-state index contributed by atoms with van der Waals surface area (Å²) < 4.78 is 5.41. The molecule has 1 aromatic rings. The Labute approximate surface area is 217 Å². The predicted octanol–water partition coefficient (Wildman–Crippen LogP) is 4.98. The first-order valence-corrected chi connectivity index (χ1v) is 13.5. The van der Waals surface area contributed by atoms with Crippen LogP contribution >= 0.6 is 0 Å². The largest absolute Gasteiger partial charge is 0.444 e. The zero-order valence-corrected chi connectivity index (χ0v) is 23.1. The highest BCUT2D eigenvalue weighted by molar-refractivity contribution is 5.71. The molecule has 2 aliphatic rings. The van der Waals surface area contributed by atoms with Crippen LogP contribution in [0.25, 0.3) is 0 Å². The molecule has 0 aromatic heterocycles. The van der Waals surface area contributed by atoms with E-state index in [1.165, 1.54) is 18.5 Å². The van der Waals surface area contributed by atoms with Crippen LogP contribution in [0.15, 0.2) is 24.3 Å². The summed E-state index contributed by atoms with van der Waals surface area (Å²) in [5, 5.41) is 4.60. The minimum absolute atomic E-state index is 0.216. The number of alkyl carbamates (subject to hydrolysis) is 1. The summed E-state index contributed by atoms with van der Waals surface area (Å²) in [6, 6.07) is 9.01. The van der Waals surface area contributed by atoms with Crippen LogP contribution in [0.2, 0.25) is 0 Å². The van der Waals surface area contributed by atoms with Crippen LogP contribution in [0.5, 0.6) is 0 Å². The van der Waals surface area contributed by atoms with E-state index in [2.05, 4.69) is 34.3 Å². The van der Waals surface area contributed by atoms with Gasteiger partial charge in [0.05, 0.1) is 5.69 Å². The summed E-state index contributed by atoms with van der Waals surface area (Å²) in [6.45, 7) is 10.7. The van der Waals surface area contributed by atoms with Crippen molar-refractivity contribution in [3.8, 4) is 0 Å². The number of anilines is 2. The molecular weight excluding hydrogens is 456 g/mol. The lowest BCUT2D eigenvalue weighted by atomic mass is 9.89. The van der Waals surface area contributed by atoms with Gasteiger partial charge < -0.3 is 24.7 Å². The van der Waals surface area contributed by atoms with Crippen molar-refractivity contribution in [3.05, 3.63) is 24.3 Å². The standard InChI is InChI=1S/C28H46N4O4/c1-7-26(33)36-31(6)24-9-8-10-25(19-24)32-17-15-21(16-18-32)20-30(5)23-13-11-22(12-14-23)29-27(34)35-28(2,3)4/h8-10,19,21-23H,7,11-18,20H2,1-6H3,(H,29,34). The van der Waals surface area contributed by atoms with Gasteiger partial charge in [0.1, 0.15) is 5.60 Å². The number of amides is 1. The van der Waals surface area contributed by atoms with E-state index < -0.39 is 5.60 Å². The zero-order chi connectivity index (χ0) is 26.3. The molecule has 3 rings (SSSR count). The fourth-order valence-corrected chi connectivity index (χ4v) is 5.22. The summed E-state index contributed by atoms with van der Waals surface area (Å²) in [5.41, 5.74) is 1.60. The molecular formula is C28H46N4O4. The maximum absolute atomic E-state index is 12.1. The van der Waals surface area contributed by atoms with Gasteiger partial charge in [0.2, 0.25) is 0 Å². The second-order valence-electron chi connectivity index (χ2n) is 11.4. The van der Waals surface area contributed by atoms with Crippen molar-refractivity contribution in [2.45, 2.75) is 90.3 Å². The van der Waals surface area contributed by atoms with Gasteiger partial charge in [-0.3, -0.25) is 0 Å². The summed E-state index contributed by atoms with van der Waals surface area (Å²) in [7, 11) is 4.03. The Morgan fingerprint density at radius 3 is 2.33 bits per heavy atom. The SMILES string of the molecule is CCC(=O)ON(C)c1cccc(N2CCC(CN(C)C3CCC(NC(=O)OC(C)(C)C)CC3)CC2)c1. The number of nitrogens with zero attached hydrogens (tertiary/aromatic N) is 3. The first kappa shape index (κ1) is 28.1. The van der Waals surface area contributed by atoms with E-state index in [1.54, 1.807) is 19.0 Å². The van der Waals surface area contributed by atoms with E-state index in [0.29, 0.717) is 18.4 Å². The molecule has 8 nitrogen and oxygen atoms in total. The van der Waals surface area contributed by atoms with Crippen molar-refractivity contribution in [2.75, 3.05) is 43.7 Å². The van der Waals surface area contributed by atoms with E-state index in [1.807, 2.05) is 32.9 Å². The van der Waals surface area contributed by atoms with Gasteiger partial charge in [-0.25, -0.2) is 14.7 Å². The highest BCUT2D eigenvalue weighted by atomic mass is 16.7. The van der Waals surface area contributed by atoms with Crippen molar-refractivity contribution < 1.29 is 19.2 Å². The number of piperidine rings is 1. The maximum Gasteiger partial charge on any atom is 0.407 e. The van der Waals surface area contributed by atoms with Crippen LogP contribution in [0.4, 0.5) is 16.2 Å². The van der Waals surface area contributed by atoms with Gasteiger partial charge in [-0.05, 0) is 90.5 Å². The summed E-state index contributed by atoms with van der Waals surface area (Å²) >= 11 is 0. The quantitative estimate of drug-likeness (QED) is 0.503. The second-order valence-corrected chi connectivity index (χ2v) is 11.4. The predicted molar refractivity (Wildman–Crippen MR) is 144 cm³/mol. The molecule has 1 aromatic carbocycles. The number of carbonyl (C=O) groups is 2. The minimum atomic E-state index is -0.459. The van der Waals surface area contributed by atoms with Crippen LogP contribution in [0.3, 0.4) is 0 Å². The molecule has 0 spiro atoms. The van der Waals surface area contributed by atoms with Gasteiger partial charge in [-0.15, -0.1) is 0 Å². The molecule has 1 heterocycles. The van der Waals surface area contributed by atoms with Crippen LogP contribution < -0.4 is 15.3 Å². The lowest BCUT2D eigenvalue weighted by molar-refractivity contribution is -0.144. The number of hydrogen-bond donors (Lipinski definition) is 1. The molecule has 1 N–H and O–H groups in total. The van der Waals surface area contributed by atoms with Gasteiger partial charge in [-0.2, -0.15) is 0 Å². The second kappa shape index (κ2) is 12.7. The third-order valence-electron chi connectivity index (χ3n) is 7.29. The fourth-order valence-electron chi connectivity index (χ4n) is 5.22. The van der Waals surface area contributed by atoms with Crippen LogP contribution in [0, 0.1) is 5.92 Å². The van der Waals surface area contributed by atoms with E-state index in [4.69, 9.17) is 9.57 Å². The van der Waals surface area contributed by atoms with Gasteiger partial charge in [0, 0.05) is 50.9 Å². The average Bonchev–Trinajstić information content (AvgIpc) is 2.83. The van der Waals surface area contributed by atoms with Crippen LogP contribution in [-0.4, -0.2) is 68.4 Å².